The zero-order valence-electron chi connectivity index (χ0n) is 17.0. The first-order valence-corrected chi connectivity index (χ1v) is 9.97. The highest BCUT2D eigenvalue weighted by Gasteiger charge is 2.12. The number of benzene rings is 2. The number of carbonyl (C=O) groups excluding carboxylic acids is 1. The van der Waals surface area contributed by atoms with Gasteiger partial charge in [-0.15, -0.1) is 0 Å². The summed E-state index contributed by atoms with van der Waals surface area (Å²) >= 11 is 3.45. The second-order valence-electron chi connectivity index (χ2n) is 5.88. The van der Waals surface area contributed by atoms with Gasteiger partial charge in [-0.2, -0.15) is 5.10 Å². The Morgan fingerprint density at radius 1 is 1.07 bits per heavy atom. The minimum atomic E-state index is -0.362. The molecule has 0 heterocycles. The summed E-state index contributed by atoms with van der Waals surface area (Å²) in [5, 5.41) is 4.03. The van der Waals surface area contributed by atoms with Crippen molar-refractivity contribution in [2.45, 2.75) is 20.3 Å². The molecule has 0 aliphatic carbocycles. The third-order valence-electron chi connectivity index (χ3n) is 3.80. The summed E-state index contributed by atoms with van der Waals surface area (Å²) in [4.78, 5) is 12.4. The number of halogens is 1. The van der Waals surface area contributed by atoms with Crippen molar-refractivity contribution in [2.75, 3.05) is 27.4 Å². The first kappa shape index (κ1) is 22.5. The van der Waals surface area contributed by atoms with Crippen molar-refractivity contribution < 1.29 is 23.7 Å². The van der Waals surface area contributed by atoms with Crippen LogP contribution in [0.1, 0.15) is 36.2 Å². The van der Waals surface area contributed by atoms with E-state index >= 15 is 0 Å². The van der Waals surface area contributed by atoms with Crippen molar-refractivity contribution in [2.24, 2.45) is 5.10 Å². The standard InChI is InChI=1S/C21H25BrN2O5/c1-5-9-29-17-8-7-15(12-18(17)26-3)21(25)24-23-13-14-10-16(22)20(27-4)19(11-14)28-6-2/h7-8,10-13H,5-6,9H2,1-4H3,(H,24,25)/b23-13+. The van der Waals surface area contributed by atoms with Crippen LogP contribution in [0.25, 0.3) is 0 Å². The fraction of sp³-hybridized carbons (Fsp3) is 0.333. The van der Waals surface area contributed by atoms with Crippen LogP contribution in [0.5, 0.6) is 23.0 Å². The molecule has 2 aromatic rings. The fourth-order valence-electron chi connectivity index (χ4n) is 2.49. The van der Waals surface area contributed by atoms with Gasteiger partial charge < -0.3 is 18.9 Å². The molecule has 1 amide bonds. The second kappa shape index (κ2) is 11.3. The Hall–Kier alpha value is -2.74. The van der Waals surface area contributed by atoms with E-state index < -0.39 is 0 Å². The molecule has 156 valence electrons. The molecule has 0 spiro atoms. The van der Waals surface area contributed by atoms with Crippen LogP contribution in [0.2, 0.25) is 0 Å². The third kappa shape index (κ3) is 6.12. The van der Waals surface area contributed by atoms with Crippen molar-refractivity contribution in [1.82, 2.24) is 5.43 Å². The highest BCUT2D eigenvalue weighted by Crippen LogP contribution is 2.36. The number of carbonyl (C=O) groups is 1. The van der Waals surface area contributed by atoms with E-state index in [0.29, 0.717) is 41.8 Å². The predicted octanol–water partition coefficient (Wildman–Crippen LogP) is 4.42. The van der Waals surface area contributed by atoms with Crippen LogP contribution < -0.4 is 24.4 Å². The number of nitrogens with zero attached hydrogens (tertiary/aromatic N) is 1. The molecule has 1 N–H and O–H groups in total. The highest BCUT2D eigenvalue weighted by atomic mass is 79.9. The maximum atomic E-state index is 12.4. The van der Waals surface area contributed by atoms with E-state index in [9.17, 15) is 4.79 Å². The van der Waals surface area contributed by atoms with Crippen LogP contribution in [0.4, 0.5) is 0 Å². The predicted molar refractivity (Wildman–Crippen MR) is 116 cm³/mol. The van der Waals surface area contributed by atoms with Crippen molar-refractivity contribution in [3.8, 4) is 23.0 Å². The SMILES string of the molecule is CCCOc1ccc(C(=O)N/N=C/c2cc(Br)c(OC)c(OCC)c2)cc1OC. The Morgan fingerprint density at radius 3 is 2.52 bits per heavy atom. The van der Waals surface area contributed by atoms with E-state index in [1.807, 2.05) is 19.9 Å². The van der Waals surface area contributed by atoms with E-state index in [2.05, 4.69) is 26.5 Å². The normalized spacial score (nSPS) is 10.7. The zero-order chi connectivity index (χ0) is 21.2. The number of rotatable bonds is 10. The van der Waals surface area contributed by atoms with Gasteiger partial charge in [0.25, 0.3) is 5.91 Å². The van der Waals surface area contributed by atoms with Gasteiger partial charge in [0, 0.05) is 5.56 Å². The molecule has 0 aliphatic rings. The molecule has 0 aliphatic heterocycles. The summed E-state index contributed by atoms with van der Waals surface area (Å²) < 4.78 is 22.5. The fourth-order valence-corrected chi connectivity index (χ4v) is 3.12. The van der Waals surface area contributed by atoms with Gasteiger partial charge in [-0.1, -0.05) is 6.92 Å². The van der Waals surface area contributed by atoms with Crippen molar-refractivity contribution in [3.05, 3.63) is 45.9 Å². The average Bonchev–Trinajstić information content (AvgIpc) is 2.72. The number of ether oxygens (including phenoxy) is 4. The number of nitrogens with one attached hydrogen (secondary N) is 1. The monoisotopic (exact) mass is 464 g/mol. The van der Waals surface area contributed by atoms with E-state index in [1.54, 1.807) is 31.4 Å². The van der Waals surface area contributed by atoms with E-state index in [-0.39, 0.29) is 5.91 Å². The minimum absolute atomic E-state index is 0.362. The lowest BCUT2D eigenvalue weighted by atomic mass is 10.2. The van der Waals surface area contributed by atoms with E-state index in [0.717, 1.165) is 16.5 Å². The maximum absolute atomic E-state index is 12.4. The first-order valence-electron chi connectivity index (χ1n) is 9.18. The van der Waals surface area contributed by atoms with Gasteiger partial charge >= 0.3 is 0 Å². The molecular weight excluding hydrogens is 440 g/mol. The quantitative estimate of drug-likeness (QED) is 0.415. The number of hydrazone groups is 1. The molecular formula is C21H25BrN2O5. The van der Waals surface area contributed by atoms with Gasteiger partial charge in [0.1, 0.15) is 0 Å². The van der Waals surface area contributed by atoms with Gasteiger partial charge in [0.05, 0.1) is 38.1 Å². The third-order valence-corrected chi connectivity index (χ3v) is 4.39. The summed E-state index contributed by atoms with van der Waals surface area (Å²) in [6.07, 6.45) is 2.41. The summed E-state index contributed by atoms with van der Waals surface area (Å²) in [5.74, 6) is 1.92. The Bertz CT molecular complexity index is 870. The van der Waals surface area contributed by atoms with Crippen molar-refractivity contribution in [3.63, 3.8) is 0 Å². The van der Waals surface area contributed by atoms with Crippen LogP contribution in [-0.2, 0) is 0 Å². The molecule has 0 saturated carbocycles. The van der Waals surface area contributed by atoms with E-state index in [4.69, 9.17) is 18.9 Å². The molecule has 0 aromatic heterocycles. The van der Waals surface area contributed by atoms with Gasteiger partial charge in [0.15, 0.2) is 23.0 Å². The zero-order valence-corrected chi connectivity index (χ0v) is 18.5. The van der Waals surface area contributed by atoms with Gasteiger partial charge in [-0.25, -0.2) is 5.43 Å². The highest BCUT2D eigenvalue weighted by molar-refractivity contribution is 9.10. The lowest BCUT2D eigenvalue weighted by molar-refractivity contribution is 0.0954. The molecule has 0 radical (unpaired) electrons. The van der Waals surface area contributed by atoms with Crippen LogP contribution in [0, 0.1) is 0 Å². The Morgan fingerprint density at radius 2 is 1.86 bits per heavy atom. The molecule has 0 bridgehead atoms. The summed E-state index contributed by atoms with van der Waals surface area (Å²) in [5.41, 5.74) is 3.66. The number of methoxy groups -OCH3 is 2. The van der Waals surface area contributed by atoms with Gasteiger partial charge in [-0.3, -0.25) is 4.79 Å². The average molecular weight is 465 g/mol. The van der Waals surface area contributed by atoms with Gasteiger partial charge in [-0.05, 0) is 65.2 Å². The van der Waals surface area contributed by atoms with Crippen LogP contribution >= 0.6 is 15.9 Å². The van der Waals surface area contributed by atoms with Gasteiger partial charge in [0.2, 0.25) is 0 Å². The van der Waals surface area contributed by atoms with Crippen molar-refractivity contribution >= 4 is 28.1 Å². The number of hydrogen-bond donors (Lipinski definition) is 1. The number of amides is 1. The van der Waals surface area contributed by atoms with Crippen molar-refractivity contribution in [1.29, 1.82) is 0 Å². The van der Waals surface area contributed by atoms with E-state index in [1.165, 1.54) is 13.3 Å². The molecule has 8 heteroatoms. The molecule has 2 rings (SSSR count). The number of hydrogen-bond acceptors (Lipinski definition) is 6. The van der Waals surface area contributed by atoms with Crippen LogP contribution in [0.15, 0.2) is 39.9 Å². The topological polar surface area (TPSA) is 78.4 Å². The first-order chi connectivity index (χ1) is 14.0. The molecule has 0 atom stereocenters. The summed E-state index contributed by atoms with van der Waals surface area (Å²) in [6, 6.07) is 8.59. The minimum Gasteiger partial charge on any atom is -0.493 e. The summed E-state index contributed by atoms with van der Waals surface area (Å²) in [6.45, 7) is 4.99. The molecule has 7 nitrogen and oxygen atoms in total. The van der Waals surface area contributed by atoms with Crippen LogP contribution in [0.3, 0.4) is 0 Å². The largest absolute Gasteiger partial charge is 0.493 e. The molecule has 2 aromatic carbocycles. The summed E-state index contributed by atoms with van der Waals surface area (Å²) in [7, 11) is 3.11. The maximum Gasteiger partial charge on any atom is 0.271 e. The molecule has 0 unspecified atom stereocenters. The smallest absolute Gasteiger partial charge is 0.271 e. The molecule has 29 heavy (non-hydrogen) atoms. The Balaban J connectivity index is 2.11. The molecule has 0 saturated heterocycles. The Kier molecular flexibility index (Phi) is 8.79. The van der Waals surface area contributed by atoms with Crippen LogP contribution in [-0.4, -0.2) is 39.6 Å². The Labute approximate surface area is 179 Å². The molecule has 0 fully saturated rings. The lowest BCUT2D eigenvalue weighted by Crippen LogP contribution is -2.17. The second-order valence-corrected chi connectivity index (χ2v) is 6.73. The lowest BCUT2D eigenvalue weighted by Gasteiger charge is -2.12.